The summed E-state index contributed by atoms with van der Waals surface area (Å²) in [4.78, 5) is 11.4. The first-order valence-electron chi connectivity index (χ1n) is 4.24. The number of aromatic nitrogens is 3. The minimum absolute atomic E-state index is 0. The number of rotatable bonds is 2. The van der Waals surface area contributed by atoms with Crippen LogP contribution in [-0.2, 0) is 0 Å². The number of nitrogens with one attached hydrogen (secondary N) is 1. The summed E-state index contributed by atoms with van der Waals surface area (Å²) in [5.41, 5.74) is 0.669. The van der Waals surface area contributed by atoms with Crippen molar-refractivity contribution in [2.45, 2.75) is 0 Å². The Bertz CT molecular complexity index is 510. The van der Waals surface area contributed by atoms with Gasteiger partial charge in [-0.05, 0) is 35.3 Å². The number of benzene rings is 1. The summed E-state index contributed by atoms with van der Waals surface area (Å²) in [5.74, 6) is 0.248. The molecule has 2 aromatic rings. The van der Waals surface area contributed by atoms with Crippen molar-refractivity contribution >= 4 is 135 Å². The zero-order valence-corrected chi connectivity index (χ0v) is 10.1. The number of hydrogen-bond acceptors (Lipinski definition) is 4. The Kier molecular flexibility index (Phi) is 14.0. The molecule has 10 heteroatoms. The average molecular weight is 348 g/mol. The Labute approximate surface area is 192 Å². The Morgan fingerprint density at radius 1 is 0.789 bits per heavy atom. The fraction of sp³-hybridized carbons (Fsp3) is 0. The first-order chi connectivity index (χ1) is 7.65. The molecule has 0 radical (unpaired) electrons. The molecule has 1 N–H and O–H groups in total. The molecule has 0 fully saturated rings. The number of anilines is 2. The number of nitrogens with zero attached hydrogens (tertiary/aromatic N) is 3. The van der Waals surface area contributed by atoms with E-state index < -0.39 is 0 Å². The van der Waals surface area contributed by atoms with Crippen LogP contribution >= 0.6 is 34.8 Å². The second-order valence-electron chi connectivity index (χ2n) is 2.80. The SMILES string of the molecule is Clc1nc(Cl)nc(Nc2ccccc2Cl)n1.[NaH].[NaH].[NaH]. The molecule has 0 aliphatic heterocycles. The molecule has 0 aliphatic rings. The third-order valence-corrected chi connectivity index (χ3v) is 2.37. The van der Waals surface area contributed by atoms with Gasteiger partial charge >= 0.3 is 88.7 Å². The Morgan fingerprint density at radius 3 is 1.84 bits per heavy atom. The molecule has 0 saturated carbocycles. The van der Waals surface area contributed by atoms with Crippen molar-refractivity contribution in [2.24, 2.45) is 0 Å². The van der Waals surface area contributed by atoms with E-state index in [0.717, 1.165) is 0 Å². The van der Waals surface area contributed by atoms with Gasteiger partial charge in [0, 0.05) is 0 Å². The monoisotopic (exact) mass is 346 g/mol. The van der Waals surface area contributed by atoms with Crippen LogP contribution in [0.1, 0.15) is 0 Å². The molecule has 0 amide bonds. The zero-order chi connectivity index (χ0) is 11.5. The third kappa shape index (κ3) is 7.63. The van der Waals surface area contributed by atoms with Crippen molar-refractivity contribution in [3.8, 4) is 0 Å². The topological polar surface area (TPSA) is 50.7 Å². The molecule has 0 aliphatic carbocycles. The number of para-hydroxylation sites is 1. The van der Waals surface area contributed by atoms with Gasteiger partial charge in [0.05, 0.1) is 10.7 Å². The van der Waals surface area contributed by atoms with Crippen LogP contribution in [0.4, 0.5) is 11.6 Å². The van der Waals surface area contributed by atoms with Crippen molar-refractivity contribution in [1.29, 1.82) is 0 Å². The molecule has 0 unspecified atom stereocenters. The summed E-state index contributed by atoms with van der Waals surface area (Å²) in [7, 11) is 0. The van der Waals surface area contributed by atoms with E-state index in [0.29, 0.717) is 10.7 Å². The van der Waals surface area contributed by atoms with Crippen LogP contribution in [0, 0.1) is 0 Å². The standard InChI is InChI=1S/C9H5Cl3N4.3Na.3H/c10-5-3-1-2-4-6(5)13-9-15-7(11)14-8(12)16-9;;;;;;/h1-4H,(H,13,14,15,16);;;;;;. The van der Waals surface area contributed by atoms with Crippen LogP contribution in [0.25, 0.3) is 0 Å². The van der Waals surface area contributed by atoms with E-state index in [2.05, 4.69) is 20.3 Å². The van der Waals surface area contributed by atoms with E-state index in [1.54, 1.807) is 12.1 Å². The molecule has 1 aromatic heterocycles. The van der Waals surface area contributed by atoms with Gasteiger partial charge in [-0.2, -0.15) is 15.0 Å². The average Bonchev–Trinajstić information content (AvgIpc) is 2.20. The summed E-state index contributed by atoms with van der Waals surface area (Å²) in [6.45, 7) is 0. The van der Waals surface area contributed by atoms with Gasteiger partial charge in [-0.3, -0.25) is 0 Å². The fourth-order valence-corrected chi connectivity index (χ4v) is 1.61. The van der Waals surface area contributed by atoms with Crippen LogP contribution in [0.3, 0.4) is 0 Å². The van der Waals surface area contributed by atoms with Gasteiger partial charge in [-0.15, -0.1) is 0 Å². The predicted molar refractivity (Wildman–Crippen MR) is 86.0 cm³/mol. The Balaban J connectivity index is 0. The van der Waals surface area contributed by atoms with Crippen molar-refractivity contribution in [1.82, 2.24) is 15.0 Å². The molecule has 19 heavy (non-hydrogen) atoms. The third-order valence-electron chi connectivity index (χ3n) is 1.70. The molecule has 0 spiro atoms. The van der Waals surface area contributed by atoms with E-state index in [4.69, 9.17) is 34.8 Å². The van der Waals surface area contributed by atoms with Crippen molar-refractivity contribution < 1.29 is 0 Å². The van der Waals surface area contributed by atoms with Crippen molar-refractivity contribution in [3.63, 3.8) is 0 Å². The second kappa shape index (κ2) is 11.5. The zero-order valence-electron chi connectivity index (χ0n) is 7.78. The molecule has 4 nitrogen and oxygen atoms in total. The van der Waals surface area contributed by atoms with Gasteiger partial charge < -0.3 is 5.32 Å². The molecule has 0 atom stereocenters. The van der Waals surface area contributed by atoms with Gasteiger partial charge in [-0.25, -0.2) is 0 Å². The molecule has 2 rings (SSSR count). The summed E-state index contributed by atoms with van der Waals surface area (Å²) >= 11 is 17.2. The van der Waals surface area contributed by atoms with Gasteiger partial charge in [0.25, 0.3) is 0 Å². The summed E-state index contributed by atoms with van der Waals surface area (Å²) < 4.78 is 0. The summed E-state index contributed by atoms with van der Waals surface area (Å²) in [6.07, 6.45) is 0. The van der Waals surface area contributed by atoms with Crippen LogP contribution in [0.15, 0.2) is 24.3 Å². The minimum atomic E-state index is 0. The van der Waals surface area contributed by atoms with E-state index >= 15 is 0 Å². The fourth-order valence-electron chi connectivity index (χ4n) is 1.06. The first-order valence-corrected chi connectivity index (χ1v) is 5.37. The van der Waals surface area contributed by atoms with Crippen molar-refractivity contribution in [3.05, 3.63) is 39.9 Å². The Morgan fingerprint density at radius 2 is 1.32 bits per heavy atom. The van der Waals surface area contributed by atoms with Gasteiger partial charge in [0.2, 0.25) is 16.5 Å². The first kappa shape index (κ1) is 23.2. The van der Waals surface area contributed by atoms with Gasteiger partial charge in [0.15, 0.2) is 0 Å². The van der Waals surface area contributed by atoms with E-state index in [1.807, 2.05) is 12.1 Å². The van der Waals surface area contributed by atoms with E-state index in [9.17, 15) is 0 Å². The summed E-state index contributed by atoms with van der Waals surface area (Å²) in [5, 5.41) is 3.49. The molecule has 0 bridgehead atoms. The van der Waals surface area contributed by atoms with Crippen LogP contribution in [0.2, 0.25) is 15.6 Å². The van der Waals surface area contributed by atoms with Gasteiger partial charge in [0.1, 0.15) is 0 Å². The molecular formula is C9H8Cl3N4Na3. The van der Waals surface area contributed by atoms with E-state index in [1.165, 1.54) is 0 Å². The quantitative estimate of drug-likeness (QED) is 0.839. The summed E-state index contributed by atoms with van der Waals surface area (Å²) in [6, 6.07) is 7.18. The molecule has 1 aromatic carbocycles. The van der Waals surface area contributed by atoms with Crippen LogP contribution < -0.4 is 5.32 Å². The number of halogens is 3. The molecule has 1 heterocycles. The number of hydrogen-bond donors (Lipinski definition) is 1. The Hall–Kier alpha value is 1.90. The second-order valence-corrected chi connectivity index (χ2v) is 3.89. The molecule has 88 valence electrons. The molecular weight excluding hydrogens is 339 g/mol. The predicted octanol–water partition coefficient (Wildman–Crippen LogP) is 1.63. The maximum absolute atomic E-state index is 5.95. The maximum atomic E-state index is 5.95. The van der Waals surface area contributed by atoms with Crippen LogP contribution in [-0.4, -0.2) is 104 Å². The van der Waals surface area contributed by atoms with E-state index in [-0.39, 0.29) is 105 Å². The normalized spacial score (nSPS) is 8.58. The molecule has 0 saturated heterocycles. The van der Waals surface area contributed by atoms with Crippen molar-refractivity contribution in [2.75, 3.05) is 5.32 Å². The van der Waals surface area contributed by atoms with Gasteiger partial charge in [-0.1, -0.05) is 23.7 Å². The van der Waals surface area contributed by atoms with Crippen LogP contribution in [0.5, 0.6) is 0 Å².